The zero-order valence-electron chi connectivity index (χ0n) is 38.7. The van der Waals surface area contributed by atoms with Crippen molar-refractivity contribution in [3.05, 3.63) is 255 Å². The average molecular weight is 901 g/mol. The van der Waals surface area contributed by atoms with Gasteiger partial charge in [0.15, 0.2) is 0 Å². The van der Waals surface area contributed by atoms with E-state index in [0.29, 0.717) is 0 Å². The van der Waals surface area contributed by atoms with Crippen LogP contribution >= 0.6 is 0 Å². The van der Waals surface area contributed by atoms with Crippen molar-refractivity contribution in [2.24, 2.45) is 0 Å². The maximum Gasteiger partial charge on any atom is 0.256 e. The molecular formula is C66H42B2N2O. The zero-order valence-corrected chi connectivity index (χ0v) is 38.7. The molecule has 0 spiro atoms. The van der Waals surface area contributed by atoms with Crippen molar-refractivity contribution in [2.45, 2.75) is 0 Å². The Bertz CT molecular complexity index is 3860. The smallest absolute Gasteiger partial charge is 0.256 e. The minimum Gasteiger partial charge on any atom is -0.458 e. The van der Waals surface area contributed by atoms with E-state index < -0.39 is 0 Å². The van der Waals surface area contributed by atoms with E-state index >= 15 is 0 Å². The third-order valence-electron chi connectivity index (χ3n) is 15.3. The van der Waals surface area contributed by atoms with Gasteiger partial charge in [0.25, 0.3) is 13.4 Å². The van der Waals surface area contributed by atoms with Crippen LogP contribution in [-0.4, -0.2) is 13.4 Å². The summed E-state index contributed by atoms with van der Waals surface area (Å²) < 4.78 is 7.32. The number of rotatable bonds is 6. The molecule has 0 aromatic heterocycles. The zero-order chi connectivity index (χ0) is 46.6. The van der Waals surface area contributed by atoms with Gasteiger partial charge in [-0.2, -0.15) is 0 Å². The molecule has 328 valence electrons. The predicted octanol–water partition coefficient (Wildman–Crippen LogP) is 13.0. The summed E-state index contributed by atoms with van der Waals surface area (Å²) in [5.74, 6) is 1.78. The third-order valence-corrected chi connectivity index (χ3v) is 15.3. The minimum absolute atomic E-state index is 0.0714. The highest BCUT2D eigenvalue weighted by atomic mass is 16.5. The van der Waals surface area contributed by atoms with Gasteiger partial charge in [-0.1, -0.05) is 224 Å². The van der Waals surface area contributed by atoms with Gasteiger partial charge < -0.3 is 14.5 Å². The number of hydrogen-bond donors (Lipinski definition) is 0. The Labute approximate surface area is 414 Å². The monoisotopic (exact) mass is 900 g/mol. The van der Waals surface area contributed by atoms with Gasteiger partial charge in [0, 0.05) is 45.6 Å². The van der Waals surface area contributed by atoms with Crippen LogP contribution in [0.2, 0.25) is 0 Å². The van der Waals surface area contributed by atoms with Crippen LogP contribution in [-0.2, 0) is 0 Å². The number of ether oxygens (including phenoxy) is 1. The molecule has 0 N–H and O–H groups in total. The van der Waals surface area contributed by atoms with Crippen molar-refractivity contribution in [2.75, 3.05) is 9.80 Å². The molecule has 0 amide bonds. The quantitative estimate of drug-likeness (QED) is 0.155. The van der Waals surface area contributed by atoms with Crippen LogP contribution in [0.15, 0.2) is 255 Å². The highest BCUT2D eigenvalue weighted by Crippen LogP contribution is 2.52. The summed E-state index contributed by atoms with van der Waals surface area (Å²) in [4.78, 5) is 5.19. The second kappa shape index (κ2) is 15.7. The molecule has 0 aliphatic carbocycles. The molecule has 0 saturated carbocycles. The largest absolute Gasteiger partial charge is 0.458 e. The molecular weight excluding hydrogens is 858 g/mol. The van der Waals surface area contributed by atoms with Crippen molar-refractivity contribution in [1.82, 2.24) is 0 Å². The van der Waals surface area contributed by atoms with E-state index in [1.807, 2.05) is 0 Å². The summed E-state index contributed by atoms with van der Waals surface area (Å²) >= 11 is 0. The molecule has 3 nitrogen and oxygen atoms in total. The second-order valence-corrected chi connectivity index (χ2v) is 19.1. The number of hydrogen-bond acceptors (Lipinski definition) is 3. The van der Waals surface area contributed by atoms with E-state index in [2.05, 4.69) is 265 Å². The highest BCUT2D eigenvalue weighted by Gasteiger charge is 2.51. The van der Waals surface area contributed by atoms with Crippen LogP contribution in [0.1, 0.15) is 0 Å². The molecule has 0 unspecified atom stereocenters. The Morgan fingerprint density at radius 2 is 0.648 bits per heavy atom. The molecule has 4 heterocycles. The normalized spacial score (nSPS) is 13.1. The van der Waals surface area contributed by atoms with Crippen LogP contribution in [0.3, 0.4) is 0 Å². The van der Waals surface area contributed by atoms with E-state index in [9.17, 15) is 0 Å². The first kappa shape index (κ1) is 39.9. The number of anilines is 6. The lowest BCUT2D eigenvalue weighted by Gasteiger charge is -2.49. The Balaban J connectivity index is 1.10. The molecule has 4 aliphatic rings. The van der Waals surface area contributed by atoms with Gasteiger partial charge in [0.1, 0.15) is 11.5 Å². The second-order valence-electron chi connectivity index (χ2n) is 19.1. The molecule has 0 fully saturated rings. The Morgan fingerprint density at radius 3 is 1.11 bits per heavy atom. The summed E-state index contributed by atoms with van der Waals surface area (Å²) in [6.45, 7) is -0.194. The fourth-order valence-electron chi connectivity index (χ4n) is 12.2. The molecule has 15 rings (SSSR count). The van der Waals surface area contributed by atoms with E-state index in [1.165, 1.54) is 83.2 Å². The van der Waals surface area contributed by atoms with E-state index in [0.717, 1.165) is 50.8 Å². The highest BCUT2D eigenvalue weighted by molar-refractivity contribution is 7.04. The molecule has 0 saturated heterocycles. The Kier molecular flexibility index (Phi) is 8.85. The first-order valence-corrected chi connectivity index (χ1v) is 24.6. The fourth-order valence-corrected chi connectivity index (χ4v) is 12.2. The van der Waals surface area contributed by atoms with Crippen LogP contribution < -0.4 is 47.3 Å². The van der Waals surface area contributed by atoms with Crippen molar-refractivity contribution < 1.29 is 4.74 Å². The summed E-state index contributed by atoms with van der Waals surface area (Å²) in [5.41, 5.74) is 26.3. The minimum atomic E-state index is -0.123. The Morgan fingerprint density at radius 1 is 0.254 bits per heavy atom. The van der Waals surface area contributed by atoms with Gasteiger partial charge in [-0.3, -0.25) is 0 Å². The number of benzene rings is 11. The molecule has 71 heavy (non-hydrogen) atoms. The van der Waals surface area contributed by atoms with Crippen LogP contribution in [0, 0.1) is 0 Å². The Hall–Kier alpha value is -9.05. The number of fused-ring (bicyclic) bond motifs is 10. The molecule has 4 aliphatic heterocycles. The van der Waals surface area contributed by atoms with Crippen molar-refractivity contribution in [3.8, 4) is 67.1 Å². The maximum absolute atomic E-state index is 7.32. The molecule has 0 radical (unpaired) electrons. The first-order chi connectivity index (χ1) is 35.2. The molecule has 11 aromatic carbocycles. The van der Waals surface area contributed by atoms with Gasteiger partial charge in [-0.25, -0.2) is 0 Å². The summed E-state index contributed by atoms with van der Waals surface area (Å²) in [6.07, 6.45) is 0. The van der Waals surface area contributed by atoms with Crippen LogP contribution in [0.4, 0.5) is 34.1 Å². The first-order valence-electron chi connectivity index (χ1n) is 24.6. The fraction of sp³-hybridized carbons (Fsp3) is 0. The van der Waals surface area contributed by atoms with Crippen LogP contribution in [0.25, 0.3) is 55.6 Å². The lowest BCUT2D eigenvalue weighted by atomic mass is 9.29. The van der Waals surface area contributed by atoms with Crippen molar-refractivity contribution >= 4 is 80.3 Å². The van der Waals surface area contributed by atoms with E-state index in [4.69, 9.17) is 4.74 Å². The summed E-state index contributed by atoms with van der Waals surface area (Å²) in [5, 5.41) is 0. The van der Waals surface area contributed by atoms with E-state index in [-0.39, 0.29) is 13.4 Å². The van der Waals surface area contributed by atoms with Crippen molar-refractivity contribution in [1.29, 1.82) is 0 Å². The number of para-hydroxylation sites is 2. The maximum atomic E-state index is 7.32. The molecule has 11 aromatic rings. The molecule has 5 heteroatoms. The summed E-state index contributed by atoms with van der Waals surface area (Å²) in [7, 11) is 0. The van der Waals surface area contributed by atoms with Crippen LogP contribution in [0.5, 0.6) is 11.5 Å². The predicted molar refractivity (Wildman–Crippen MR) is 299 cm³/mol. The van der Waals surface area contributed by atoms with Gasteiger partial charge in [0.2, 0.25) is 0 Å². The van der Waals surface area contributed by atoms with Gasteiger partial charge in [-0.15, -0.1) is 0 Å². The average Bonchev–Trinajstić information content (AvgIpc) is 3.45. The number of nitrogens with zero attached hydrogens (tertiary/aromatic N) is 2. The standard InChI is InChI=1S/C66H42B2N2O/c1-6-19-43(20-7-1)48-33-36-57-54(39-48)67-53-31-16-17-32-61(53)71-62-42-60-63-66(64(62)67)69(57)58-37-34-49(44-21-8-2-9-22-44)40-55(58)68(63)56-41-50(45-23-10-3-11-24-45)35-38-59(56)70(60)65-51(46-25-12-4-13-26-46)29-18-30-52(65)47-27-14-5-15-28-47/h1-42H. The summed E-state index contributed by atoms with van der Waals surface area (Å²) in [6, 6.07) is 93.8. The van der Waals surface area contributed by atoms with E-state index in [1.54, 1.807) is 0 Å². The van der Waals surface area contributed by atoms with Gasteiger partial charge in [0.05, 0.1) is 5.69 Å². The topological polar surface area (TPSA) is 15.7 Å². The lowest BCUT2D eigenvalue weighted by Crippen LogP contribution is -2.68. The van der Waals surface area contributed by atoms with Crippen molar-refractivity contribution in [3.63, 3.8) is 0 Å². The third kappa shape index (κ3) is 6.06. The molecule has 0 bridgehead atoms. The van der Waals surface area contributed by atoms with Gasteiger partial charge in [-0.05, 0) is 102 Å². The molecule has 0 atom stereocenters. The SMILES string of the molecule is c1ccc(-c2ccc3c(c2)B2c4cc(-c5ccccc5)ccc4N4c5ccc(-c6ccccc6)cc5B5c6ccccc6Oc6cc(c2c4c65)N3c2c(-c3ccccc3)cccc2-c2ccccc2)cc1. The van der Waals surface area contributed by atoms with Gasteiger partial charge >= 0.3 is 0 Å². The lowest BCUT2D eigenvalue weighted by molar-refractivity contribution is 0.488.